The van der Waals surface area contributed by atoms with E-state index in [0.717, 1.165) is 44.0 Å². The zero-order chi connectivity index (χ0) is 12.5. The minimum absolute atomic E-state index is 0.534. The van der Waals surface area contributed by atoms with Crippen molar-refractivity contribution in [3.63, 3.8) is 0 Å². The minimum Gasteiger partial charge on any atom is -0.370 e. The molecular formula is C13H24N4. The van der Waals surface area contributed by atoms with Gasteiger partial charge in [0.1, 0.15) is 5.82 Å². The first kappa shape index (κ1) is 13.9. The van der Waals surface area contributed by atoms with Crippen LogP contribution in [-0.4, -0.2) is 36.1 Å². The Bertz CT molecular complexity index is 310. The zero-order valence-corrected chi connectivity index (χ0v) is 10.9. The van der Waals surface area contributed by atoms with Crippen LogP contribution in [0.2, 0.25) is 0 Å². The fourth-order valence-electron chi connectivity index (χ4n) is 1.81. The van der Waals surface area contributed by atoms with E-state index in [1.807, 2.05) is 12.1 Å². The molecular weight excluding hydrogens is 212 g/mol. The molecule has 0 saturated carbocycles. The molecule has 1 heterocycles. The second-order valence-electron chi connectivity index (χ2n) is 4.02. The summed E-state index contributed by atoms with van der Waals surface area (Å²) in [6.45, 7) is 9.24. The Morgan fingerprint density at radius 2 is 2.12 bits per heavy atom. The standard InChI is InChI=1S/C13H24N4/c1-3-17(4-2)10-6-9-16-13-12(11-14)7-5-8-15-13/h5,7-8H,3-4,6,9-11,14H2,1-2H3,(H,15,16). The molecule has 0 saturated heterocycles. The van der Waals surface area contributed by atoms with Gasteiger partial charge in [-0.1, -0.05) is 19.9 Å². The molecule has 17 heavy (non-hydrogen) atoms. The lowest BCUT2D eigenvalue weighted by molar-refractivity contribution is 0.303. The summed E-state index contributed by atoms with van der Waals surface area (Å²) in [5.74, 6) is 0.926. The molecule has 0 unspecified atom stereocenters. The van der Waals surface area contributed by atoms with Crippen LogP contribution in [0.5, 0.6) is 0 Å². The van der Waals surface area contributed by atoms with Gasteiger partial charge in [-0.05, 0) is 32.1 Å². The van der Waals surface area contributed by atoms with E-state index in [2.05, 4.69) is 29.0 Å². The molecule has 0 spiro atoms. The van der Waals surface area contributed by atoms with Crippen molar-refractivity contribution in [3.05, 3.63) is 23.9 Å². The molecule has 1 aromatic rings. The molecule has 0 aliphatic carbocycles. The summed E-state index contributed by atoms with van der Waals surface area (Å²) < 4.78 is 0. The van der Waals surface area contributed by atoms with E-state index in [0.29, 0.717) is 6.54 Å². The first-order valence-corrected chi connectivity index (χ1v) is 6.42. The highest BCUT2D eigenvalue weighted by atomic mass is 15.1. The highest BCUT2D eigenvalue weighted by Crippen LogP contribution is 2.09. The lowest BCUT2D eigenvalue weighted by Crippen LogP contribution is -2.25. The average Bonchev–Trinajstić information content (AvgIpc) is 2.39. The van der Waals surface area contributed by atoms with E-state index in [4.69, 9.17) is 5.73 Å². The third-order valence-electron chi connectivity index (χ3n) is 2.95. The largest absolute Gasteiger partial charge is 0.370 e. The van der Waals surface area contributed by atoms with Crippen LogP contribution in [0.3, 0.4) is 0 Å². The van der Waals surface area contributed by atoms with Crippen molar-refractivity contribution in [3.8, 4) is 0 Å². The highest BCUT2D eigenvalue weighted by molar-refractivity contribution is 5.43. The number of pyridine rings is 1. The molecule has 0 radical (unpaired) electrons. The number of nitrogens with two attached hydrogens (primary N) is 1. The van der Waals surface area contributed by atoms with Gasteiger partial charge in [0.15, 0.2) is 0 Å². The van der Waals surface area contributed by atoms with Crippen LogP contribution in [0.15, 0.2) is 18.3 Å². The van der Waals surface area contributed by atoms with Gasteiger partial charge in [-0.15, -0.1) is 0 Å². The lowest BCUT2D eigenvalue weighted by atomic mass is 10.2. The van der Waals surface area contributed by atoms with Crippen LogP contribution in [0, 0.1) is 0 Å². The maximum Gasteiger partial charge on any atom is 0.130 e. The van der Waals surface area contributed by atoms with Gasteiger partial charge < -0.3 is 16.0 Å². The Morgan fingerprint density at radius 3 is 2.76 bits per heavy atom. The molecule has 4 nitrogen and oxygen atoms in total. The van der Waals surface area contributed by atoms with Crippen LogP contribution in [0.1, 0.15) is 25.8 Å². The third-order valence-corrected chi connectivity index (χ3v) is 2.95. The van der Waals surface area contributed by atoms with Gasteiger partial charge in [-0.2, -0.15) is 0 Å². The highest BCUT2D eigenvalue weighted by Gasteiger charge is 2.01. The van der Waals surface area contributed by atoms with Gasteiger partial charge in [-0.3, -0.25) is 0 Å². The SMILES string of the molecule is CCN(CC)CCCNc1ncccc1CN. The van der Waals surface area contributed by atoms with Gasteiger partial charge in [0, 0.05) is 24.8 Å². The Morgan fingerprint density at radius 1 is 1.35 bits per heavy atom. The van der Waals surface area contributed by atoms with Crippen molar-refractivity contribution >= 4 is 5.82 Å². The van der Waals surface area contributed by atoms with Crippen LogP contribution < -0.4 is 11.1 Å². The average molecular weight is 236 g/mol. The predicted octanol–water partition coefficient (Wildman–Crippen LogP) is 1.68. The summed E-state index contributed by atoms with van der Waals surface area (Å²) in [6, 6.07) is 3.93. The number of hydrogen-bond donors (Lipinski definition) is 2. The number of aromatic nitrogens is 1. The second kappa shape index (κ2) is 8.03. The third kappa shape index (κ3) is 4.71. The van der Waals surface area contributed by atoms with Gasteiger partial charge in [0.2, 0.25) is 0 Å². The normalized spacial score (nSPS) is 10.8. The van der Waals surface area contributed by atoms with Crippen molar-refractivity contribution < 1.29 is 0 Å². The first-order chi connectivity index (χ1) is 8.31. The molecule has 0 aliphatic rings. The van der Waals surface area contributed by atoms with Crippen LogP contribution in [0.25, 0.3) is 0 Å². The summed E-state index contributed by atoms with van der Waals surface area (Å²) in [4.78, 5) is 6.72. The lowest BCUT2D eigenvalue weighted by Gasteiger charge is -2.18. The molecule has 96 valence electrons. The summed E-state index contributed by atoms with van der Waals surface area (Å²) in [5, 5.41) is 3.35. The Balaban J connectivity index is 2.30. The monoisotopic (exact) mass is 236 g/mol. The molecule has 0 bridgehead atoms. The number of hydrogen-bond acceptors (Lipinski definition) is 4. The van der Waals surface area contributed by atoms with Crippen molar-refractivity contribution in [1.82, 2.24) is 9.88 Å². The summed E-state index contributed by atoms with van der Waals surface area (Å²) in [6.07, 6.45) is 2.92. The number of nitrogens with zero attached hydrogens (tertiary/aromatic N) is 2. The number of anilines is 1. The van der Waals surface area contributed by atoms with E-state index in [9.17, 15) is 0 Å². The van der Waals surface area contributed by atoms with Crippen LogP contribution in [0.4, 0.5) is 5.82 Å². The van der Waals surface area contributed by atoms with Crippen molar-refractivity contribution in [1.29, 1.82) is 0 Å². The fraction of sp³-hybridized carbons (Fsp3) is 0.615. The zero-order valence-electron chi connectivity index (χ0n) is 10.9. The molecule has 1 rings (SSSR count). The number of nitrogens with one attached hydrogen (secondary N) is 1. The topological polar surface area (TPSA) is 54.2 Å². The van der Waals surface area contributed by atoms with Crippen LogP contribution >= 0.6 is 0 Å². The van der Waals surface area contributed by atoms with Gasteiger partial charge in [0.25, 0.3) is 0 Å². The van der Waals surface area contributed by atoms with E-state index in [1.165, 1.54) is 0 Å². The van der Waals surface area contributed by atoms with Crippen LogP contribution in [-0.2, 0) is 6.54 Å². The predicted molar refractivity (Wildman–Crippen MR) is 73.0 cm³/mol. The second-order valence-corrected chi connectivity index (χ2v) is 4.02. The van der Waals surface area contributed by atoms with Gasteiger partial charge >= 0.3 is 0 Å². The van der Waals surface area contributed by atoms with E-state index in [1.54, 1.807) is 6.20 Å². The van der Waals surface area contributed by atoms with Gasteiger partial charge in [0.05, 0.1) is 0 Å². The molecule has 0 aliphatic heterocycles. The summed E-state index contributed by atoms with van der Waals surface area (Å²) in [7, 11) is 0. The Kier molecular flexibility index (Phi) is 6.58. The fourth-order valence-corrected chi connectivity index (χ4v) is 1.81. The molecule has 1 aromatic heterocycles. The van der Waals surface area contributed by atoms with Gasteiger partial charge in [-0.25, -0.2) is 4.98 Å². The Labute approximate surface area is 104 Å². The van der Waals surface area contributed by atoms with E-state index < -0.39 is 0 Å². The maximum atomic E-state index is 5.66. The van der Waals surface area contributed by atoms with E-state index >= 15 is 0 Å². The minimum atomic E-state index is 0.534. The quantitative estimate of drug-likeness (QED) is 0.674. The molecule has 0 amide bonds. The molecule has 0 aromatic carbocycles. The molecule has 0 fully saturated rings. The first-order valence-electron chi connectivity index (χ1n) is 6.42. The van der Waals surface area contributed by atoms with E-state index in [-0.39, 0.29) is 0 Å². The maximum absolute atomic E-state index is 5.66. The van der Waals surface area contributed by atoms with Crippen molar-refractivity contribution in [2.24, 2.45) is 5.73 Å². The molecule has 3 N–H and O–H groups in total. The molecule has 0 atom stereocenters. The smallest absolute Gasteiger partial charge is 0.130 e. The van der Waals surface area contributed by atoms with Crippen molar-refractivity contribution in [2.45, 2.75) is 26.8 Å². The summed E-state index contributed by atoms with van der Waals surface area (Å²) in [5.41, 5.74) is 6.74. The summed E-state index contributed by atoms with van der Waals surface area (Å²) >= 11 is 0. The molecule has 4 heteroatoms. The number of rotatable bonds is 8. The van der Waals surface area contributed by atoms with Crippen molar-refractivity contribution in [2.75, 3.05) is 31.5 Å². The Hall–Kier alpha value is -1.13.